The van der Waals surface area contributed by atoms with Gasteiger partial charge in [-0.2, -0.15) is 11.8 Å². The van der Waals surface area contributed by atoms with Crippen LogP contribution in [0.25, 0.3) is 0 Å². The molecule has 0 spiro atoms. The minimum Gasteiger partial charge on any atom is -0.330 e. The van der Waals surface area contributed by atoms with Crippen LogP contribution in [0.4, 0.5) is 0 Å². The minimum atomic E-state index is 0.734. The third-order valence-corrected chi connectivity index (χ3v) is 4.45. The van der Waals surface area contributed by atoms with Crippen LogP contribution in [0.15, 0.2) is 0 Å². The lowest BCUT2D eigenvalue weighted by Crippen LogP contribution is -2.43. The number of hydrogen-bond acceptors (Lipinski definition) is 3. The molecule has 0 bridgehead atoms. The fraction of sp³-hybridized carbons (Fsp3) is 1.00. The van der Waals surface area contributed by atoms with Crippen LogP contribution in [0.5, 0.6) is 0 Å². The second kappa shape index (κ2) is 7.53. The van der Waals surface area contributed by atoms with Gasteiger partial charge in [-0.1, -0.05) is 13.8 Å². The maximum Gasteiger partial charge on any atom is 0.00243 e. The van der Waals surface area contributed by atoms with Crippen LogP contribution in [-0.2, 0) is 0 Å². The molecule has 1 fully saturated rings. The molecular formula is C12H26N2S. The topological polar surface area (TPSA) is 29.3 Å². The zero-order valence-electron chi connectivity index (χ0n) is 10.2. The zero-order chi connectivity index (χ0) is 11.1. The van der Waals surface area contributed by atoms with E-state index in [4.69, 9.17) is 5.73 Å². The van der Waals surface area contributed by atoms with E-state index in [1.54, 1.807) is 0 Å². The highest BCUT2D eigenvalue weighted by Gasteiger charge is 2.24. The van der Waals surface area contributed by atoms with E-state index < -0.39 is 0 Å². The monoisotopic (exact) mass is 230 g/mol. The zero-order valence-corrected chi connectivity index (χ0v) is 11.1. The Labute approximate surface area is 99.0 Å². The highest BCUT2D eigenvalue weighted by atomic mass is 32.2. The standard InChI is InChI=1S/C12H26N2S/c1-3-15-8-4-6-14-7-5-11(2)12(9-13)10-14/h11-12H,3-10,13H2,1-2H3. The van der Waals surface area contributed by atoms with Gasteiger partial charge in [-0.05, 0) is 55.8 Å². The summed E-state index contributed by atoms with van der Waals surface area (Å²) < 4.78 is 0. The Hall–Kier alpha value is 0.270. The molecule has 1 aliphatic heterocycles. The predicted octanol–water partition coefficient (Wildman–Crippen LogP) is 2.05. The first-order valence-corrected chi connectivity index (χ1v) is 7.43. The van der Waals surface area contributed by atoms with Crippen LogP contribution >= 0.6 is 11.8 Å². The van der Waals surface area contributed by atoms with Crippen molar-refractivity contribution >= 4 is 11.8 Å². The second-order valence-electron chi connectivity index (χ2n) is 4.61. The second-order valence-corrected chi connectivity index (χ2v) is 6.01. The minimum absolute atomic E-state index is 0.734. The molecule has 1 rings (SSSR count). The highest BCUT2D eigenvalue weighted by molar-refractivity contribution is 7.99. The molecule has 0 aromatic heterocycles. The van der Waals surface area contributed by atoms with E-state index >= 15 is 0 Å². The van der Waals surface area contributed by atoms with Crippen molar-refractivity contribution in [2.24, 2.45) is 17.6 Å². The third-order valence-electron chi connectivity index (χ3n) is 3.47. The van der Waals surface area contributed by atoms with Crippen molar-refractivity contribution in [3.63, 3.8) is 0 Å². The Bertz CT molecular complexity index is 164. The Morgan fingerprint density at radius 3 is 2.93 bits per heavy atom. The van der Waals surface area contributed by atoms with Crippen molar-refractivity contribution in [2.45, 2.75) is 26.7 Å². The largest absolute Gasteiger partial charge is 0.330 e. The summed E-state index contributed by atoms with van der Waals surface area (Å²) >= 11 is 2.05. The van der Waals surface area contributed by atoms with Crippen molar-refractivity contribution in [3.8, 4) is 0 Å². The SMILES string of the molecule is CCSCCCN1CCC(C)C(CN)C1. The normalized spacial score (nSPS) is 28.2. The molecule has 0 aromatic carbocycles. The van der Waals surface area contributed by atoms with E-state index in [-0.39, 0.29) is 0 Å². The first kappa shape index (κ1) is 13.3. The molecule has 2 nitrogen and oxygen atoms in total. The van der Waals surface area contributed by atoms with Gasteiger partial charge in [-0.25, -0.2) is 0 Å². The van der Waals surface area contributed by atoms with Crippen LogP contribution in [-0.4, -0.2) is 42.6 Å². The molecule has 0 saturated carbocycles. The molecule has 3 heteroatoms. The highest BCUT2D eigenvalue weighted by Crippen LogP contribution is 2.22. The molecule has 2 atom stereocenters. The molecule has 15 heavy (non-hydrogen) atoms. The molecule has 0 amide bonds. The molecule has 90 valence electrons. The molecule has 0 aromatic rings. The molecule has 2 unspecified atom stereocenters. The van der Waals surface area contributed by atoms with Crippen molar-refractivity contribution in [2.75, 3.05) is 37.7 Å². The van der Waals surface area contributed by atoms with Gasteiger partial charge in [0, 0.05) is 6.54 Å². The molecule has 2 N–H and O–H groups in total. The predicted molar refractivity (Wildman–Crippen MR) is 70.4 cm³/mol. The lowest BCUT2D eigenvalue weighted by Gasteiger charge is -2.36. The number of piperidine rings is 1. The average Bonchev–Trinajstić information content (AvgIpc) is 2.26. The van der Waals surface area contributed by atoms with Crippen molar-refractivity contribution < 1.29 is 0 Å². The van der Waals surface area contributed by atoms with Gasteiger partial charge >= 0.3 is 0 Å². The van der Waals surface area contributed by atoms with E-state index in [1.165, 1.54) is 44.0 Å². The Morgan fingerprint density at radius 1 is 1.47 bits per heavy atom. The quantitative estimate of drug-likeness (QED) is 0.708. The Morgan fingerprint density at radius 2 is 2.27 bits per heavy atom. The molecular weight excluding hydrogens is 204 g/mol. The van der Waals surface area contributed by atoms with E-state index in [0.717, 1.165) is 18.4 Å². The summed E-state index contributed by atoms with van der Waals surface area (Å²) in [5.74, 6) is 4.13. The van der Waals surface area contributed by atoms with E-state index in [0.29, 0.717) is 0 Å². The van der Waals surface area contributed by atoms with Crippen LogP contribution in [0, 0.1) is 11.8 Å². The van der Waals surface area contributed by atoms with Gasteiger partial charge in [-0.3, -0.25) is 0 Å². The van der Waals surface area contributed by atoms with Crippen LogP contribution < -0.4 is 5.73 Å². The average molecular weight is 230 g/mol. The van der Waals surface area contributed by atoms with Gasteiger partial charge in [-0.15, -0.1) is 0 Å². The summed E-state index contributed by atoms with van der Waals surface area (Å²) in [7, 11) is 0. The summed E-state index contributed by atoms with van der Waals surface area (Å²) in [4.78, 5) is 2.60. The number of likely N-dealkylation sites (tertiary alicyclic amines) is 1. The van der Waals surface area contributed by atoms with Gasteiger partial charge in [0.25, 0.3) is 0 Å². The fourth-order valence-corrected chi connectivity index (χ4v) is 2.89. The van der Waals surface area contributed by atoms with E-state index in [2.05, 4.69) is 30.5 Å². The number of nitrogens with two attached hydrogens (primary N) is 1. The first-order chi connectivity index (χ1) is 7.27. The molecule has 1 heterocycles. The van der Waals surface area contributed by atoms with Crippen molar-refractivity contribution in [1.82, 2.24) is 4.90 Å². The van der Waals surface area contributed by atoms with Gasteiger partial charge in [0.05, 0.1) is 0 Å². The molecule has 0 aliphatic carbocycles. The Kier molecular flexibility index (Phi) is 6.69. The van der Waals surface area contributed by atoms with Gasteiger partial charge in [0.2, 0.25) is 0 Å². The van der Waals surface area contributed by atoms with E-state index in [9.17, 15) is 0 Å². The van der Waals surface area contributed by atoms with E-state index in [1.807, 2.05) is 0 Å². The maximum absolute atomic E-state index is 5.80. The molecule has 1 saturated heterocycles. The number of thioether (sulfide) groups is 1. The van der Waals surface area contributed by atoms with Gasteiger partial charge < -0.3 is 10.6 Å². The lowest BCUT2D eigenvalue weighted by atomic mass is 9.87. The summed E-state index contributed by atoms with van der Waals surface area (Å²) in [5.41, 5.74) is 5.80. The summed E-state index contributed by atoms with van der Waals surface area (Å²) in [6, 6.07) is 0. The van der Waals surface area contributed by atoms with Crippen LogP contribution in [0.1, 0.15) is 26.7 Å². The lowest BCUT2D eigenvalue weighted by molar-refractivity contribution is 0.133. The number of nitrogens with zero attached hydrogens (tertiary/aromatic N) is 1. The third kappa shape index (κ3) is 4.75. The number of hydrogen-bond donors (Lipinski definition) is 1. The van der Waals surface area contributed by atoms with Crippen molar-refractivity contribution in [3.05, 3.63) is 0 Å². The van der Waals surface area contributed by atoms with Gasteiger partial charge in [0.1, 0.15) is 0 Å². The molecule has 0 radical (unpaired) electrons. The van der Waals surface area contributed by atoms with Crippen LogP contribution in [0.3, 0.4) is 0 Å². The summed E-state index contributed by atoms with van der Waals surface area (Å²) in [6.45, 7) is 9.24. The molecule has 1 aliphatic rings. The van der Waals surface area contributed by atoms with Gasteiger partial charge in [0.15, 0.2) is 0 Å². The Balaban J connectivity index is 2.14. The number of rotatable bonds is 6. The summed E-state index contributed by atoms with van der Waals surface area (Å²) in [5, 5.41) is 0. The van der Waals surface area contributed by atoms with Crippen molar-refractivity contribution in [1.29, 1.82) is 0 Å². The maximum atomic E-state index is 5.80. The van der Waals surface area contributed by atoms with Crippen LogP contribution in [0.2, 0.25) is 0 Å². The smallest absolute Gasteiger partial charge is 0.00243 e. The first-order valence-electron chi connectivity index (χ1n) is 6.28. The summed E-state index contributed by atoms with van der Waals surface area (Å²) in [6.07, 6.45) is 2.67. The fourth-order valence-electron chi connectivity index (χ4n) is 2.27.